The third-order valence-electron chi connectivity index (χ3n) is 2.39. The van der Waals surface area contributed by atoms with Gasteiger partial charge in [-0.25, -0.2) is 0 Å². The van der Waals surface area contributed by atoms with Gasteiger partial charge in [0.1, 0.15) is 0 Å². The Morgan fingerprint density at radius 3 is 2.53 bits per heavy atom. The van der Waals surface area contributed by atoms with Gasteiger partial charge in [-0.15, -0.1) is 12.1 Å². The monoisotopic (exact) mass is 238 g/mol. The van der Waals surface area contributed by atoms with E-state index in [-0.39, 0.29) is 11.3 Å². The number of halogens is 3. The average molecular weight is 238 g/mol. The smallest absolute Gasteiger partial charge is 0.445 e. The van der Waals surface area contributed by atoms with Crippen molar-refractivity contribution in [1.82, 2.24) is 4.90 Å². The van der Waals surface area contributed by atoms with E-state index in [1.807, 2.05) is 16.7 Å². The molecule has 0 aromatic carbocycles. The van der Waals surface area contributed by atoms with Gasteiger partial charge in [-0.3, -0.25) is 0 Å². The number of hydrogen-bond donors (Lipinski definition) is 0. The summed E-state index contributed by atoms with van der Waals surface area (Å²) < 4.78 is 37.0. The molecular weight excluding hydrogens is 222 g/mol. The van der Waals surface area contributed by atoms with Gasteiger partial charge < -0.3 is 17.8 Å². The molecule has 0 amide bonds. The van der Waals surface area contributed by atoms with Crippen molar-refractivity contribution in [3.63, 3.8) is 0 Å². The highest BCUT2D eigenvalue weighted by molar-refractivity contribution is 8.00. The summed E-state index contributed by atoms with van der Waals surface area (Å²) in [7, 11) is 0. The Kier molecular flexibility index (Phi) is 3.82. The Labute approximate surface area is 93.1 Å². The van der Waals surface area contributed by atoms with Crippen molar-refractivity contribution < 1.29 is 12.9 Å². The van der Waals surface area contributed by atoms with Crippen molar-refractivity contribution in [2.75, 3.05) is 25.4 Å². The first-order valence-electron chi connectivity index (χ1n) is 4.95. The molecule has 1 aliphatic heterocycles. The second-order valence-electron chi connectivity index (χ2n) is 4.55. The van der Waals surface area contributed by atoms with Gasteiger partial charge in [0.15, 0.2) is 0 Å². The van der Waals surface area contributed by atoms with Gasteiger partial charge in [-0.2, -0.15) is 11.8 Å². The third kappa shape index (κ3) is 4.11. The highest BCUT2D eigenvalue weighted by Crippen LogP contribution is 2.30. The molecule has 1 fully saturated rings. The minimum atomic E-state index is -4.88. The summed E-state index contributed by atoms with van der Waals surface area (Å²) in [5.41, 5.74) is -0.585. The molecule has 1 nitrogen and oxygen atoms in total. The van der Waals surface area contributed by atoms with Crippen molar-refractivity contribution in [3.8, 4) is 0 Å². The van der Waals surface area contributed by atoms with Gasteiger partial charge >= 0.3 is 6.98 Å². The standard InChI is InChI=1S/C9H16BF3NS/c1-8(10(11,12)13)6-14-4-5-15-9(2,3)7-14/h1,4-7H2,2-3H3/q-1. The van der Waals surface area contributed by atoms with Crippen LogP contribution in [0.4, 0.5) is 12.9 Å². The molecule has 0 N–H and O–H groups in total. The quantitative estimate of drug-likeness (QED) is 0.695. The molecule has 0 aromatic rings. The first-order chi connectivity index (χ1) is 6.71. The number of nitrogens with zero attached hydrogens (tertiary/aromatic N) is 1. The van der Waals surface area contributed by atoms with Crippen molar-refractivity contribution in [1.29, 1.82) is 0 Å². The van der Waals surface area contributed by atoms with Crippen LogP contribution in [-0.4, -0.2) is 42.0 Å². The van der Waals surface area contributed by atoms with E-state index in [1.165, 1.54) is 0 Å². The topological polar surface area (TPSA) is 3.24 Å². The maximum atomic E-state index is 12.3. The highest BCUT2D eigenvalue weighted by Gasteiger charge is 2.31. The summed E-state index contributed by atoms with van der Waals surface area (Å²) in [5.74, 6) is 0.894. The Morgan fingerprint density at radius 2 is 2.07 bits per heavy atom. The zero-order valence-corrected chi connectivity index (χ0v) is 9.92. The fourth-order valence-corrected chi connectivity index (χ4v) is 2.82. The maximum Gasteiger partial charge on any atom is 0.506 e. The molecule has 0 aromatic heterocycles. The van der Waals surface area contributed by atoms with Gasteiger partial charge in [-0.1, -0.05) is 0 Å². The average Bonchev–Trinajstić information content (AvgIpc) is 2.00. The van der Waals surface area contributed by atoms with Gasteiger partial charge in [0, 0.05) is 23.6 Å². The lowest BCUT2D eigenvalue weighted by Gasteiger charge is -2.39. The molecule has 1 aliphatic rings. The normalized spacial score (nSPS) is 22.7. The largest absolute Gasteiger partial charge is 0.506 e. The summed E-state index contributed by atoms with van der Waals surface area (Å²) in [4.78, 5) is 1.84. The number of thioether (sulfide) groups is 1. The van der Waals surface area contributed by atoms with Crippen LogP contribution in [0.25, 0.3) is 0 Å². The van der Waals surface area contributed by atoms with Crippen molar-refractivity contribution >= 4 is 18.7 Å². The summed E-state index contributed by atoms with van der Waals surface area (Å²) in [6, 6.07) is 0. The zero-order valence-electron chi connectivity index (χ0n) is 9.10. The molecule has 1 heterocycles. The van der Waals surface area contributed by atoms with Crippen LogP contribution in [-0.2, 0) is 0 Å². The SMILES string of the molecule is C=C(CN1CCSC(C)(C)C1)[B-](F)(F)F. The molecular formula is C9H16BF3NS-. The molecule has 88 valence electrons. The second kappa shape index (κ2) is 4.41. The summed E-state index contributed by atoms with van der Waals surface area (Å²) >= 11 is 1.81. The van der Waals surface area contributed by atoms with Gasteiger partial charge in [0.25, 0.3) is 0 Å². The number of rotatable bonds is 3. The zero-order chi connectivity index (χ0) is 11.7. The van der Waals surface area contributed by atoms with E-state index in [0.717, 1.165) is 12.3 Å². The predicted molar refractivity (Wildman–Crippen MR) is 61.2 cm³/mol. The van der Waals surface area contributed by atoms with E-state index < -0.39 is 12.4 Å². The van der Waals surface area contributed by atoms with Crippen molar-refractivity contribution in [2.24, 2.45) is 0 Å². The molecule has 1 saturated heterocycles. The molecule has 0 aliphatic carbocycles. The summed E-state index contributed by atoms with van der Waals surface area (Å²) in [6.07, 6.45) is 0. The van der Waals surface area contributed by atoms with Crippen LogP contribution in [0.15, 0.2) is 12.1 Å². The van der Waals surface area contributed by atoms with Crippen LogP contribution in [0.3, 0.4) is 0 Å². The molecule has 6 heteroatoms. The third-order valence-corrected chi connectivity index (χ3v) is 3.69. The summed E-state index contributed by atoms with van der Waals surface area (Å²) in [6.45, 7) is 3.75. The van der Waals surface area contributed by atoms with Gasteiger partial charge in [-0.05, 0) is 20.4 Å². The van der Waals surface area contributed by atoms with E-state index in [0.29, 0.717) is 6.54 Å². The van der Waals surface area contributed by atoms with Crippen LogP contribution in [0.2, 0.25) is 0 Å². The lowest BCUT2D eigenvalue weighted by atomic mass is 9.80. The molecule has 0 unspecified atom stereocenters. The molecule has 1 rings (SSSR count). The number of hydrogen-bond acceptors (Lipinski definition) is 2. The lowest BCUT2D eigenvalue weighted by molar-refractivity contribution is 0.280. The lowest BCUT2D eigenvalue weighted by Crippen LogP contribution is -2.45. The Morgan fingerprint density at radius 1 is 1.47 bits per heavy atom. The molecule has 0 saturated carbocycles. The fraction of sp³-hybridized carbons (Fsp3) is 0.778. The van der Waals surface area contributed by atoms with E-state index in [9.17, 15) is 12.9 Å². The van der Waals surface area contributed by atoms with Crippen LogP contribution in [0.1, 0.15) is 13.8 Å². The molecule has 15 heavy (non-hydrogen) atoms. The minimum absolute atomic E-state index is 0.0342. The van der Waals surface area contributed by atoms with Gasteiger partial charge in [0.05, 0.1) is 0 Å². The molecule has 0 radical (unpaired) electrons. The van der Waals surface area contributed by atoms with Crippen LogP contribution in [0, 0.1) is 0 Å². The Hall–Kier alpha value is -0.0951. The molecule has 0 atom stereocenters. The van der Waals surface area contributed by atoms with Crippen LogP contribution in [0.5, 0.6) is 0 Å². The first-order valence-corrected chi connectivity index (χ1v) is 5.93. The Balaban J connectivity index is 2.49. The Bertz CT molecular complexity index is 252. The molecule has 0 bridgehead atoms. The van der Waals surface area contributed by atoms with Crippen LogP contribution >= 0.6 is 11.8 Å². The molecule has 0 spiro atoms. The highest BCUT2D eigenvalue weighted by atomic mass is 32.2. The van der Waals surface area contributed by atoms with E-state index in [1.54, 1.807) is 0 Å². The van der Waals surface area contributed by atoms with E-state index in [2.05, 4.69) is 20.4 Å². The fourth-order valence-electron chi connectivity index (χ4n) is 1.64. The van der Waals surface area contributed by atoms with Crippen molar-refractivity contribution in [2.45, 2.75) is 18.6 Å². The van der Waals surface area contributed by atoms with E-state index >= 15 is 0 Å². The van der Waals surface area contributed by atoms with Crippen LogP contribution < -0.4 is 0 Å². The summed E-state index contributed by atoms with van der Waals surface area (Å²) in [5, 5.41) is 0. The predicted octanol–water partition coefficient (Wildman–Crippen LogP) is 2.76. The van der Waals surface area contributed by atoms with Crippen molar-refractivity contribution in [3.05, 3.63) is 12.1 Å². The first kappa shape index (κ1) is 13.0. The van der Waals surface area contributed by atoms with Gasteiger partial charge in [0.2, 0.25) is 0 Å². The second-order valence-corrected chi connectivity index (χ2v) is 6.35. The minimum Gasteiger partial charge on any atom is -0.445 e. The van der Waals surface area contributed by atoms with E-state index in [4.69, 9.17) is 0 Å². The maximum absolute atomic E-state index is 12.3.